The van der Waals surface area contributed by atoms with E-state index < -0.39 is 0 Å². The number of halogens is 2. The SMILES string of the molecule is C=C1C2CC3CC(C2)CC1([N-]C1(C)C=C(C)C(C)=C1C)C3.[Cl-].[Cl-].[Ti+3]. The van der Waals surface area contributed by atoms with Crippen LogP contribution >= 0.6 is 0 Å². The Labute approximate surface area is 174 Å². The van der Waals surface area contributed by atoms with Crippen LogP contribution in [0.4, 0.5) is 0 Å². The van der Waals surface area contributed by atoms with Gasteiger partial charge in [-0.25, -0.2) is 0 Å². The van der Waals surface area contributed by atoms with E-state index in [1.54, 1.807) is 0 Å². The Morgan fingerprint density at radius 3 is 2.04 bits per heavy atom. The van der Waals surface area contributed by atoms with Crippen LogP contribution in [-0.2, 0) is 21.7 Å². The van der Waals surface area contributed by atoms with Crippen LogP contribution in [0, 0.1) is 17.8 Å². The molecule has 4 fully saturated rings. The van der Waals surface area contributed by atoms with E-state index in [4.69, 9.17) is 5.32 Å². The van der Waals surface area contributed by atoms with Gasteiger partial charge >= 0.3 is 21.7 Å². The molecule has 0 aromatic carbocycles. The van der Waals surface area contributed by atoms with Crippen LogP contribution in [-0.4, -0.2) is 11.1 Å². The second-order valence-corrected chi connectivity index (χ2v) is 8.44. The van der Waals surface area contributed by atoms with Gasteiger partial charge in [0.15, 0.2) is 0 Å². The zero-order valence-corrected chi connectivity index (χ0v) is 18.3. The summed E-state index contributed by atoms with van der Waals surface area (Å²) in [6.07, 6.45) is 9.18. The summed E-state index contributed by atoms with van der Waals surface area (Å²) in [5.41, 5.74) is 5.77. The van der Waals surface area contributed by atoms with E-state index in [-0.39, 0.29) is 57.6 Å². The molecule has 1 radical (unpaired) electrons. The number of rotatable bonds is 2. The van der Waals surface area contributed by atoms with Crippen molar-refractivity contribution in [2.45, 2.75) is 70.9 Å². The summed E-state index contributed by atoms with van der Waals surface area (Å²) in [5, 5.41) is 5.53. The molecule has 5 rings (SSSR count). The van der Waals surface area contributed by atoms with Gasteiger partial charge in [0, 0.05) is 0 Å². The monoisotopic (exact) mass is 400 g/mol. The standard InChI is InChI=1S/C20H28N.2ClH.Ti/c1-12-9-19(5,14(3)13(12)2)21-20-10-16-6-17(11-20)8-18(7-16)15(20)4;;;/h9,16-18H,4,6-8,10-11H2,1-3,5H3;2*1H;/q-1;;;+3/p-2. The molecule has 0 aliphatic heterocycles. The molecule has 4 bridgehead atoms. The maximum atomic E-state index is 5.53. The molecule has 0 amide bonds. The Morgan fingerprint density at radius 2 is 1.58 bits per heavy atom. The summed E-state index contributed by atoms with van der Waals surface area (Å²) >= 11 is 0. The minimum Gasteiger partial charge on any atom is -1.00 e. The van der Waals surface area contributed by atoms with Crippen molar-refractivity contribution in [1.82, 2.24) is 0 Å². The molecule has 3 atom stereocenters. The van der Waals surface area contributed by atoms with Gasteiger partial charge in [-0.05, 0) is 57.8 Å². The molecular formula is C20H28Cl2NTi. The first kappa shape index (κ1) is 22.5. The minimum absolute atomic E-state index is 0. The average molecular weight is 401 g/mol. The molecule has 0 saturated heterocycles. The van der Waals surface area contributed by atoms with Crippen LogP contribution in [0.25, 0.3) is 5.32 Å². The van der Waals surface area contributed by atoms with Gasteiger partial charge < -0.3 is 30.1 Å². The van der Waals surface area contributed by atoms with E-state index in [0.29, 0.717) is 0 Å². The van der Waals surface area contributed by atoms with Gasteiger partial charge in [-0.1, -0.05) is 53.7 Å². The molecule has 0 N–H and O–H groups in total. The van der Waals surface area contributed by atoms with Gasteiger partial charge in [0.05, 0.1) is 0 Å². The van der Waals surface area contributed by atoms with E-state index in [1.807, 2.05) is 0 Å². The predicted octanol–water partition coefficient (Wildman–Crippen LogP) is -0.444. The summed E-state index contributed by atoms with van der Waals surface area (Å²) in [4.78, 5) is 0. The first-order valence-electron chi connectivity index (χ1n) is 8.64. The molecule has 5 aliphatic rings. The van der Waals surface area contributed by atoms with Crippen molar-refractivity contribution in [1.29, 1.82) is 0 Å². The van der Waals surface area contributed by atoms with Crippen molar-refractivity contribution in [3.63, 3.8) is 0 Å². The van der Waals surface area contributed by atoms with Crippen LogP contribution in [0.2, 0.25) is 0 Å². The molecule has 131 valence electrons. The molecule has 4 saturated carbocycles. The summed E-state index contributed by atoms with van der Waals surface area (Å²) in [5.74, 6) is 2.59. The fourth-order valence-electron chi connectivity index (χ4n) is 5.90. The van der Waals surface area contributed by atoms with E-state index in [1.165, 1.54) is 54.4 Å². The zero-order chi connectivity index (χ0) is 15.0. The second-order valence-electron chi connectivity index (χ2n) is 8.44. The Hall–Kier alpha value is 0.474. The van der Waals surface area contributed by atoms with E-state index >= 15 is 0 Å². The average Bonchev–Trinajstić information content (AvgIpc) is 2.58. The molecule has 4 heteroatoms. The number of nitrogens with zero attached hydrogens (tertiary/aromatic N) is 1. The number of allylic oxidation sites excluding steroid dienone is 2. The van der Waals surface area contributed by atoms with Crippen LogP contribution in [0.15, 0.2) is 34.9 Å². The number of hydrogen-bond donors (Lipinski definition) is 0. The molecular weight excluding hydrogens is 373 g/mol. The zero-order valence-electron chi connectivity index (χ0n) is 15.3. The van der Waals surface area contributed by atoms with Crippen molar-refractivity contribution in [3.05, 3.63) is 40.3 Å². The second kappa shape index (κ2) is 7.24. The normalized spacial score (nSPS) is 42.2. The largest absolute Gasteiger partial charge is 3.00 e. The van der Waals surface area contributed by atoms with Gasteiger partial charge in [0.1, 0.15) is 0 Å². The number of hydrogen-bond acceptors (Lipinski definition) is 0. The Bertz CT molecular complexity index is 580. The Balaban J connectivity index is 0.000000960. The third-order valence-electron chi connectivity index (χ3n) is 7.10. The van der Waals surface area contributed by atoms with E-state index in [2.05, 4.69) is 40.3 Å². The quantitative estimate of drug-likeness (QED) is 0.440. The summed E-state index contributed by atoms with van der Waals surface area (Å²) in [6, 6.07) is 0. The third-order valence-corrected chi connectivity index (χ3v) is 7.10. The Kier molecular flexibility index (Phi) is 6.79. The molecule has 0 aromatic heterocycles. The van der Waals surface area contributed by atoms with Crippen LogP contribution in [0.1, 0.15) is 59.8 Å². The molecule has 0 spiro atoms. The molecule has 3 unspecified atom stereocenters. The van der Waals surface area contributed by atoms with E-state index in [9.17, 15) is 0 Å². The van der Waals surface area contributed by atoms with Crippen molar-refractivity contribution < 1.29 is 46.5 Å². The van der Waals surface area contributed by atoms with Crippen molar-refractivity contribution in [2.75, 3.05) is 0 Å². The van der Waals surface area contributed by atoms with Crippen molar-refractivity contribution >= 4 is 0 Å². The summed E-state index contributed by atoms with van der Waals surface area (Å²) in [7, 11) is 0. The van der Waals surface area contributed by atoms with Gasteiger partial charge in [-0.3, -0.25) is 0 Å². The smallest absolute Gasteiger partial charge is 1.00 e. The van der Waals surface area contributed by atoms with Gasteiger partial charge in [-0.15, -0.1) is 12.1 Å². The maximum Gasteiger partial charge on any atom is 3.00 e. The van der Waals surface area contributed by atoms with Gasteiger partial charge in [0.2, 0.25) is 0 Å². The first-order valence-corrected chi connectivity index (χ1v) is 8.64. The fourth-order valence-corrected chi connectivity index (χ4v) is 5.90. The molecule has 24 heavy (non-hydrogen) atoms. The van der Waals surface area contributed by atoms with Crippen LogP contribution in [0.3, 0.4) is 0 Å². The Morgan fingerprint density at radius 1 is 1.04 bits per heavy atom. The maximum absolute atomic E-state index is 5.53. The molecule has 1 nitrogen and oxygen atoms in total. The third kappa shape index (κ3) is 3.14. The minimum atomic E-state index is -0.0945. The summed E-state index contributed by atoms with van der Waals surface area (Å²) < 4.78 is 0. The summed E-state index contributed by atoms with van der Waals surface area (Å²) in [6.45, 7) is 13.6. The van der Waals surface area contributed by atoms with Gasteiger partial charge in [0.25, 0.3) is 0 Å². The molecule has 0 heterocycles. The van der Waals surface area contributed by atoms with Gasteiger partial charge in [-0.2, -0.15) is 0 Å². The van der Waals surface area contributed by atoms with Crippen LogP contribution < -0.4 is 24.8 Å². The topological polar surface area (TPSA) is 14.1 Å². The van der Waals surface area contributed by atoms with Crippen molar-refractivity contribution in [3.8, 4) is 0 Å². The molecule has 5 aliphatic carbocycles. The first-order chi connectivity index (χ1) is 9.83. The predicted molar refractivity (Wildman–Crippen MR) is 89.3 cm³/mol. The van der Waals surface area contributed by atoms with Crippen molar-refractivity contribution in [2.24, 2.45) is 17.8 Å². The van der Waals surface area contributed by atoms with E-state index in [0.717, 1.165) is 17.8 Å². The van der Waals surface area contributed by atoms with Crippen LogP contribution in [0.5, 0.6) is 0 Å². The fraction of sp³-hybridized carbons (Fsp3) is 0.700. The molecule has 0 aromatic rings.